The molecule has 2 aliphatic rings. The van der Waals surface area contributed by atoms with E-state index in [1.54, 1.807) is 0 Å². The average molecular weight is 223 g/mol. The SMILES string of the molecule is CCNC(CCC1CC1)C1CCC(CC)C1. The van der Waals surface area contributed by atoms with E-state index in [9.17, 15) is 0 Å². The lowest BCUT2D eigenvalue weighted by molar-refractivity contribution is 0.324. The molecule has 94 valence electrons. The number of hydrogen-bond acceptors (Lipinski definition) is 1. The fourth-order valence-corrected chi connectivity index (χ4v) is 3.44. The van der Waals surface area contributed by atoms with Crippen molar-refractivity contribution in [3.05, 3.63) is 0 Å². The molecule has 3 atom stereocenters. The summed E-state index contributed by atoms with van der Waals surface area (Å²) >= 11 is 0. The van der Waals surface area contributed by atoms with Crippen molar-refractivity contribution >= 4 is 0 Å². The summed E-state index contributed by atoms with van der Waals surface area (Å²) in [6, 6.07) is 0.835. The molecule has 0 amide bonds. The maximum Gasteiger partial charge on any atom is 0.00954 e. The van der Waals surface area contributed by atoms with Gasteiger partial charge in [-0.05, 0) is 50.0 Å². The first kappa shape index (κ1) is 12.4. The average Bonchev–Trinajstić information content (AvgIpc) is 3.00. The molecule has 0 aromatic rings. The molecule has 0 bridgehead atoms. The van der Waals surface area contributed by atoms with Gasteiger partial charge in [0.25, 0.3) is 0 Å². The van der Waals surface area contributed by atoms with Crippen molar-refractivity contribution in [2.75, 3.05) is 6.54 Å². The van der Waals surface area contributed by atoms with Crippen LogP contribution in [0.4, 0.5) is 0 Å². The van der Waals surface area contributed by atoms with Crippen LogP contribution < -0.4 is 5.32 Å². The van der Waals surface area contributed by atoms with Crippen LogP contribution in [0.2, 0.25) is 0 Å². The quantitative estimate of drug-likeness (QED) is 0.688. The van der Waals surface area contributed by atoms with Gasteiger partial charge in [0.1, 0.15) is 0 Å². The Labute approximate surface area is 101 Å². The summed E-state index contributed by atoms with van der Waals surface area (Å²) in [4.78, 5) is 0. The second-order valence-electron chi connectivity index (χ2n) is 6.03. The van der Waals surface area contributed by atoms with E-state index < -0.39 is 0 Å². The summed E-state index contributed by atoms with van der Waals surface area (Å²) in [5.74, 6) is 3.13. The highest BCUT2D eigenvalue weighted by Gasteiger charge is 2.31. The first-order valence-corrected chi connectivity index (χ1v) is 7.56. The van der Waals surface area contributed by atoms with E-state index in [0.717, 1.165) is 30.3 Å². The van der Waals surface area contributed by atoms with E-state index in [1.165, 1.54) is 51.4 Å². The van der Waals surface area contributed by atoms with Gasteiger partial charge in [0, 0.05) is 6.04 Å². The highest BCUT2D eigenvalue weighted by molar-refractivity contribution is 4.86. The van der Waals surface area contributed by atoms with E-state index in [4.69, 9.17) is 0 Å². The number of rotatable bonds is 7. The summed E-state index contributed by atoms with van der Waals surface area (Å²) in [7, 11) is 0. The van der Waals surface area contributed by atoms with Gasteiger partial charge in [-0.15, -0.1) is 0 Å². The predicted molar refractivity (Wildman–Crippen MR) is 70.5 cm³/mol. The monoisotopic (exact) mass is 223 g/mol. The molecule has 3 unspecified atom stereocenters. The fraction of sp³-hybridized carbons (Fsp3) is 1.00. The minimum atomic E-state index is 0.835. The molecule has 0 saturated heterocycles. The third kappa shape index (κ3) is 3.48. The first-order valence-electron chi connectivity index (χ1n) is 7.56. The van der Waals surface area contributed by atoms with Crippen LogP contribution in [0.3, 0.4) is 0 Å². The second kappa shape index (κ2) is 6.05. The van der Waals surface area contributed by atoms with Crippen LogP contribution in [-0.4, -0.2) is 12.6 Å². The van der Waals surface area contributed by atoms with Crippen molar-refractivity contribution in [3.63, 3.8) is 0 Å². The summed E-state index contributed by atoms with van der Waals surface area (Å²) in [5, 5.41) is 3.75. The minimum Gasteiger partial charge on any atom is -0.314 e. The summed E-state index contributed by atoms with van der Waals surface area (Å²) in [6.07, 6.45) is 11.8. The largest absolute Gasteiger partial charge is 0.314 e. The Morgan fingerprint density at radius 3 is 2.38 bits per heavy atom. The Kier molecular flexibility index (Phi) is 4.69. The molecule has 0 aromatic carbocycles. The third-order valence-electron chi connectivity index (χ3n) is 4.78. The fourth-order valence-electron chi connectivity index (χ4n) is 3.44. The van der Waals surface area contributed by atoms with Crippen molar-refractivity contribution < 1.29 is 0 Å². The van der Waals surface area contributed by atoms with E-state index >= 15 is 0 Å². The van der Waals surface area contributed by atoms with Crippen molar-refractivity contribution in [3.8, 4) is 0 Å². The molecule has 16 heavy (non-hydrogen) atoms. The van der Waals surface area contributed by atoms with Gasteiger partial charge in [-0.1, -0.05) is 39.5 Å². The predicted octanol–water partition coefficient (Wildman–Crippen LogP) is 3.98. The van der Waals surface area contributed by atoms with Crippen molar-refractivity contribution in [2.24, 2.45) is 17.8 Å². The zero-order valence-electron chi connectivity index (χ0n) is 11.2. The lowest BCUT2D eigenvalue weighted by Crippen LogP contribution is -2.35. The molecule has 0 radical (unpaired) electrons. The zero-order valence-corrected chi connectivity index (χ0v) is 11.2. The Balaban J connectivity index is 1.75. The van der Waals surface area contributed by atoms with Gasteiger partial charge < -0.3 is 5.32 Å². The standard InChI is InChI=1S/C15H29N/c1-3-12-7-9-14(11-12)15(16-4-2)10-8-13-5-6-13/h12-16H,3-11H2,1-2H3. The second-order valence-corrected chi connectivity index (χ2v) is 6.03. The Hall–Kier alpha value is -0.0400. The zero-order chi connectivity index (χ0) is 11.4. The molecule has 0 aliphatic heterocycles. The molecule has 1 N–H and O–H groups in total. The van der Waals surface area contributed by atoms with Gasteiger partial charge in [-0.3, -0.25) is 0 Å². The molecule has 0 aromatic heterocycles. The van der Waals surface area contributed by atoms with Gasteiger partial charge in [0.2, 0.25) is 0 Å². The highest BCUT2D eigenvalue weighted by Crippen LogP contribution is 2.39. The third-order valence-corrected chi connectivity index (χ3v) is 4.78. The Morgan fingerprint density at radius 1 is 1.06 bits per heavy atom. The van der Waals surface area contributed by atoms with Gasteiger partial charge in [0.15, 0.2) is 0 Å². The van der Waals surface area contributed by atoms with Crippen LogP contribution >= 0.6 is 0 Å². The van der Waals surface area contributed by atoms with Crippen molar-refractivity contribution in [2.45, 2.75) is 71.3 Å². The topological polar surface area (TPSA) is 12.0 Å². The molecule has 1 heteroatoms. The van der Waals surface area contributed by atoms with Crippen LogP contribution in [0.1, 0.15) is 65.2 Å². The number of hydrogen-bond donors (Lipinski definition) is 1. The molecular weight excluding hydrogens is 194 g/mol. The summed E-state index contributed by atoms with van der Waals surface area (Å²) < 4.78 is 0. The van der Waals surface area contributed by atoms with Crippen molar-refractivity contribution in [1.29, 1.82) is 0 Å². The molecule has 2 rings (SSSR count). The molecule has 0 heterocycles. The van der Waals surface area contributed by atoms with E-state index in [2.05, 4.69) is 19.2 Å². The van der Waals surface area contributed by atoms with E-state index in [1.807, 2.05) is 0 Å². The Morgan fingerprint density at radius 2 is 1.81 bits per heavy atom. The normalized spacial score (nSPS) is 31.9. The molecule has 0 spiro atoms. The molecule has 2 saturated carbocycles. The van der Waals surface area contributed by atoms with Gasteiger partial charge >= 0.3 is 0 Å². The van der Waals surface area contributed by atoms with Crippen LogP contribution in [0.15, 0.2) is 0 Å². The lowest BCUT2D eigenvalue weighted by Gasteiger charge is -2.24. The molecule has 2 fully saturated rings. The Bertz CT molecular complexity index is 198. The number of nitrogens with one attached hydrogen (secondary N) is 1. The molecule has 1 nitrogen and oxygen atoms in total. The lowest BCUT2D eigenvalue weighted by atomic mass is 9.91. The van der Waals surface area contributed by atoms with Crippen molar-refractivity contribution in [1.82, 2.24) is 5.32 Å². The molecule has 2 aliphatic carbocycles. The highest BCUT2D eigenvalue weighted by atomic mass is 14.9. The smallest absolute Gasteiger partial charge is 0.00954 e. The van der Waals surface area contributed by atoms with Crippen LogP contribution in [-0.2, 0) is 0 Å². The van der Waals surface area contributed by atoms with Gasteiger partial charge in [-0.2, -0.15) is 0 Å². The maximum atomic E-state index is 3.75. The van der Waals surface area contributed by atoms with E-state index in [0.29, 0.717) is 0 Å². The first-order chi connectivity index (χ1) is 7.83. The van der Waals surface area contributed by atoms with Crippen LogP contribution in [0, 0.1) is 17.8 Å². The maximum absolute atomic E-state index is 3.75. The van der Waals surface area contributed by atoms with Crippen LogP contribution in [0.5, 0.6) is 0 Å². The summed E-state index contributed by atoms with van der Waals surface area (Å²) in [5.41, 5.74) is 0. The van der Waals surface area contributed by atoms with Gasteiger partial charge in [-0.25, -0.2) is 0 Å². The van der Waals surface area contributed by atoms with Gasteiger partial charge in [0.05, 0.1) is 0 Å². The molecular formula is C15H29N. The van der Waals surface area contributed by atoms with Crippen LogP contribution in [0.25, 0.3) is 0 Å². The minimum absolute atomic E-state index is 0.835. The van der Waals surface area contributed by atoms with E-state index in [-0.39, 0.29) is 0 Å². The summed E-state index contributed by atoms with van der Waals surface area (Å²) in [6.45, 7) is 5.78.